The molecule has 1 atom stereocenters. The molecule has 8 aromatic carbocycles. The number of hydrogen-bond donors (Lipinski definition) is 0. The van der Waals surface area contributed by atoms with Gasteiger partial charge in [0.1, 0.15) is 0 Å². The molecule has 9 aromatic rings. The van der Waals surface area contributed by atoms with Crippen molar-refractivity contribution in [2.24, 2.45) is 0 Å². The number of nitrogens with zero attached hydrogens (tertiary/aromatic N) is 3. The zero-order valence-corrected chi connectivity index (χ0v) is 32.7. The van der Waals surface area contributed by atoms with E-state index >= 15 is 0 Å². The Bertz CT molecular complexity index is 3380. The first-order chi connectivity index (χ1) is 28.9. The molecule has 0 saturated carbocycles. The van der Waals surface area contributed by atoms with Crippen molar-refractivity contribution in [2.45, 2.75) is 22.1 Å². The summed E-state index contributed by atoms with van der Waals surface area (Å²) in [6.07, 6.45) is 0. The van der Waals surface area contributed by atoms with E-state index in [0.717, 1.165) is 89.0 Å². The Labute approximate surface area is 342 Å². The largest absolute Gasteiger partial charge is 0.218 e. The third-order valence-corrected chi connectivity index (χ3v) is 14.2. The van der Waals surface area contributed by atoms with Gasteiger partial charge in [0.15, 0.2) is 17.5 Å². The van der Waals surface area contributed by atoms with E-state index < -0.39 is 15.3 Å². The van der Waals surface area contributed by atoms with Crippen LogP contribution in [-0.4, -0.2) is 23.4 Å². The summed E-state index contributed by atoms with van der Waals surface area (Å²) in [5.74, 6) is 1.77. The first-order valence-electron chi connectivity index (χ1n) is 19.8. The molecule has 3 aliphatic rings. The quantitative estimate of drug-likeness (QED) is 0.179. The lowest BCUT2D eigenvalue weighted by atomic mass is 9.65. The van der Waals surface area contributed by atoms with Crippen molar-refractivity contribution < 1.29 is 8.42 Å². The minimum absolute atomic E-state index is 0.353. The van der Waals surface area contributed by atoms with Gasteiger partial charge in [-0.25, -0.2) is 23.4 Å². The summed E-state index contributed by atoms with van der Waals surface area (Å²) in [7, 11) is -3.73. The second-order valence-corrected chi connectivity index (χ2v) is 17.4. The number of aryl methyl sites for hydroxylation is 1. The fourth-order valence-corrected chi connectivity index (χ4v) is 11.6. The third-order valence-electron chi connectivity index (χ3n) is 12.4. The maximum absolute atomic E-state index is 14.2. The predicted molar refractivity (Wildman–Crippen MR) is 233 cm³/mol. The summed E-state index contributed by atoms with van der Waals surface area (Å²) in [4.78, 5) is 16.1. The highest BCUT2D eigenvalue weighted by molar-refractivity contribution is 7.92. The average molecular weight is 776 g/mol. The molecule has 278 valence electrons. The Morgan fingerprint density at radius 1 is 0.373 bits per heavy atom. The van der Waals surface area contributed by atoms with Gasteiger partial charge in [-0.05, 0) is 86.8 Å². The summed E-state index contributed by atoms with van der Waals surface area (Å²) in [6.45, 7) is 2.08. The fourth-order valence-electron chi connectivity index (χ4n) is 9.95. The van der Waals surface area contributed by atoms with E-state index in [9.17, 15) is 8.42 Å². The van der Waals surface area contributed by atoms with Crippen molar-refractivity contribution in [1.82, 2.24) is 15.0 Å². The van der Waals surface area contributed by atoms with Crippen molar-refractivity contribution in [3.05, 3.63) is 210 Å². The highest BCUT2D eigenvalue weighted by Crippen LogP contribution is 2.64. The van der Waals surface area contributed by atoms with Gasteiger partial charge in [-0.1, -0.05) is 163 Å². The minimum Gasteiger partial charge on any atom is -0.218 e. The molecular formula is C53H33N3O2S. The van der Waals surface area contributed by atoms with Crippen molar-refractivity contribution >= 4 is 9.84 Å². The van der Waals surface area contributed by atoms with Gasteiger partial charge in [0.05, 0.1) is 15.2 Å². The number of benzene rings is 8. The molecule has 0 fully saturated rings. The van der Waals surface area contributed by atoms with Crippen LogP contribution in [0.15, 0.2) is 192 Å². The van der Waals surface area contributed by atoms with Gasteiger partial charge in [0, 0.05) is 27.8 Å². The van der Waals surface area contributed by atoms with E-state index in [2.05, 4.69) is 116 Å². The molecule has 1 aliphatic heterocycles. The van der Waals surface area contributed by atoms with Crippen LogP contribution in [0.4, 0.5) is 0 Å². The maximum Gasteiger partial charge on any atom is 0.207 e. The van der Waals surface area contributed by atoms with Gasteiger partial charge in [0.25, 0.3) is 0 Å². The molecule has 1 aromatic heterocycles. The monoisotopic (exact) mass is 775 g/mol. The van der Waals surface area contributed by atoms with E-state index in [1.807, 2.05) is 66.7 Å². The first-order valence-corrected chi connectivity index (χ1v) is 21.3. The number of aromatic nitrogens is 3. The lowest BCUT2D eigenvalue weighted by Crippen LogP contribution is -2.29. The molecule has 12 rings (SSSR count). The molecule has 0 radical (unpaired) electrons. The van der Waals surface area contributed by atoms with Crippen LogP contribution in [0.2, 0.25) is 0 Å². The summed E-state index contributed by atoms with van der Waals surface area (Å²) in [5.41, 5.74) is 15.3. The molecule has 2 heterocycles. The summed E-state index contributed by atoms with van der Waals surface area (Å²) in [6, 6.07) is 62.2. The number of fused-ring (bicyclic) bond motifs is 16. The smallest absolute Gasteiger partial charge is 0.207 e. The molecule has 2 aliphatic carbocycles. The second kappa shape index (κ2) is 12.4. The first kappa shape index (κ1) is 33.8. The molecular weight excluding hydrogens is 743 g/mol. The molecule has 0 N–H and O–H groups in total. The lowest BCUT2D eigenvalue weighted by Gasteiger charge is -2.35. The minimum atomic E-state index is -3.73. The van der Waals surface area contributed by atoms with E-state index in [4.69, 9.17) is 15.0 Å². The van der Waals surface area contributed by atoms with Crippen molar-refractivity contribution in [1.29, 1.82) is 0 Å². The van der Waals surface area contributed by atoms with Crippen molar-refractivity contribution in [3.63, 3.8) is 0 Å². The molecule has 0 saturated heterocycles. The number of sulfone groups is 1. The van der Waals surface area contributed by atoms with Crippen LogP contribution in [0, 0.1) is 6.92 Å². The van der Waals surface area contributed by atoms with Gasteiger partial charge in [-0.3, -0.25) is 0 Å². The Morgan fingerprint density at radius 3 is 1.63 bits per heavy atom. The average Bonchev–Trinajstić information content (AvgIpc) is 3.67. The normalized spacial score (nSPS) is 15.9. The molecule has 59 heavy (non-hydrogen) atoms. The van der Waals surface area contributed by atoms with Crippen LogP contribution in [0.25, 0.3) is 78.7 Å². The van der Waals surface area contributed by atoms with Crippen LogP contribution < -0.4 is 0 Å². The third kappa shape index (κ3) is 4.66. The summed E-state index contributed by atoms with van der Waals surface area (Å²) in [5, 5.41) is 0. The summed E-state index contributed by atoms with van der Waals surface area (Å²) < 4.78 is 28.4. The predicted octanol–water partition coefficient (Wildman–Crippen LogP) is 12.0. The lowest BCUT2D eigenvalue weighted by molar-refractivity contribution is 0.598. The summed E-state index contributed by atoms with van der Waals surface area (Å²) >= 11 is 0. The van der Waals surface area contributed by atoms with E-state index in [1.54, 1.807) is 6.07 Å². The SMILES string of the molecule is Cc1cccc(-c2nc(-c3ccccc3)nc(-c3ccc4c(c3)C3(c5ccccc5-c5ccccc5-4)c4ccccc4-c4c3ccc3c4-c4ccccc4S3(=O)=O)n2)c1. The molecule has 5 nitrogen and oxygen atoms in total. The Hall–Kier alpha value is -7.28. The van der Waals surface area contributed by atoms with Crippen LogP contribution in [-0.2, 0) is 15.3 Å². The zero-order chi connectivity index (χ0) is 39.5. The standard InChI is InChI=1S/C53H33N3O2S/c1-32-14-13-17-34(30-32)51-54-50(33-15-3-2-4-16-33)55-52(56-51)35-26-27-39-37-19-6-5-18-36(37)38-20-7-10-23-42(38)53(45(39)31-35)43-24-11-8-21-40(43)48-44(53)28-29-47-49(48)41-22-9-12-25-46(41)59(47,57)58/h2-31H,1H3. The molecule has 0 bridgehead atoms. The Morgan fingerprint density at radius 2 is 0.915 bits per heavy atom. The van der Waals surface area contributed by atoms with E-state index in [0.29, 0.717) is 27.3 Å². The van der Waals surface area contributed by atoms with Gasteiger partial charge in [-0.2, -0.15) is 0 Å². The van der Waals surface area contributed by atoms with E-state index in [-0.39, 0.29) is 0 Å². The molecule has 1 unspecified atom stereocenters. The number of hydrogen-bond acceptors (Lipinski definition) is 5. The van der Waals surface area contributed by atoms with Crippen LogP contribution in [0.5, 0.6) is 0 Å². The molecule has 1 spiro atoms. The Kier molecular flexibility index (Phi) is 7.09. The van der Waals surface area contributed by atoms with Crippen molar-refractivity contribution in [3.8, 4) is 78.7 Å². The fraction of sp³-hybridized carbons (Fsp3) is 0.0377. The van der Waals surface area contributed by atoms with Crippen LogP contribution in [0.3, 0.4) is 0 Å². The highest BCUT2D eigenvalue weighted by atomic mass is 32.2. The van der Waals surface area contributed by atoms with Gasteiger partial charge >= 0.3 is 0 Å². The second-order valence-electron chi connectivity index (χ2n) is 15.5. The van der Waals surface area contributed by atoms with Gasteiger partial charge in [0.2, 0.25) is 9.84 Å². The maximum atomic E-state index is 14.2. The topological polar surface area (TPSA) is 72.8 Å². The van der Waals surface area contributed by atoms with Crippen LogP contribution >= 0.6 is 0 Å². The zero-order valence-electron chi connectivity index (χ0n) is 31.9. The van der Waals surface area contributed by atoms with E-state index in [1.165, 1.54) is 0 Å². The Balaban J connectivity index is 1.22. The van der Waals surface area contributed by atoms with Crippen LogP contribution in [0.1, 0.15) is 27.8 Å². The highest BCUT2D eigenvalue weighted by Gasteiger charge is 2.52. The van der Waals surface area contributed by atoms with Crippen molar-refractivity contribution in [2.75, 3.05) is 0 Å². The number of rotatable bonds is 3. The van der Waals surface area contributed by atoms with Gasteiger partial charge in [-0.15, -0.1) is 0 Å². The molecule has 6 heteroatoms. The van der Waals surface area contributed by atoms with Gasteiger partial charge < -0.3 is 0 Å². The molecule has 0 amide bonds.